The molecule has 6 heteroatoms. The summed E-state index contributed by atoms with van der Waals surface area (Å²) >= 11 is 1.54. The van der Waals surface area contributed by atoms with Crippen molar-refractivity contribution in [2.75, 3.05) is 6.61 Å². The molecule has 0 fully saturated rings. The number of nitrogens with zero attached hydrogens (tertiary/aromatic N) is 2. The zero-order valence-corrected chi connectivity index (χ0v) is 16.1. The second kappa shape index (κ2) is 9.83. The van der Waals surface area contributed by atoms with Crippen molar-refractivity contribution in [3.05, 3.63) is 65.4 Å². The molecule has 5 nitrogen and oxygen atoms in total. The lowest BCUT2D eigenvalue weighted by Crippen LogP contribution is -2.05. The van der Waals surface area contributed by atoms with Crippen LogP contribution in [0.5, 0.6) is 5.75 Å². The van der Waals surface area contributed by atoms with Crippen molar-refractivity contribution in [1.82, 2.24) is 9.97 Å². The molecule has 0 aliphatic heterocycles. The summed E-state index contributed by atoms with van der Waals surface area (Å²) in [6, 6.07) is 11.7. The minimum absolute atomic E-state index is 0.200. The summed E-state index contributed by atoms with van der Waals surface area (Å²) in [4.78, 5) is 20.5. The number of carbonyl (C=O) groups is 1. The summed E-state index contributed by atoms with van der Waals surface area (Å²) in [5, 5.41) is 2.83. The largest absolute Gasteiger partial charge is 0.494 e. The third-order valence-electron chi connectivity index (χ3n) is 3.91. The maximum atomic E-state index is 11.9. The quantitative estimate of drug-likeness (QED) is 0.503. The van der Waals surface area contributed by atoms with Gasteiger partial charge in [0.15, 0.2) is 0 Å². The molecule has 0 saturated carbocycles. The van der Waals surface area contributed by atoms with E-state index < -0.39 is 0 Å². The minimum atomic E-state index is -0.200. The monoisotopic (exact) mass is 382 g/mol. The SMILES string of the molecule is CCOc1ccc(-c2nc(COC(=O)CCCc3cccnc3)cs2)cc1. The number of ether oxygens (including phenoxy) is 2. The summed E-state index contributed by atoms with van der Waals surface area (Å²) in [5.41, 5.74) is 2.92. The normalized spacial score (nSPS) is 10.6. The number of aromatic nitrogens is 2. The standard InChI is InChI=1S/C21H22N2O3S/c1-2-25-19-10-8-17(9-11-19)21-23-18(15-27-21)14-26-20(24)7-3-5-16-6-4-12-22-13-16/h4,6,8-13,15H,2-3,5,7,14H2,1H3. The Morgan fingerprint density at radius 2 is 2.04 bits per heavy atom. The Labute approximate surface area is 163 Å². The lowest BCUT2D eigenvalue weighted by atomic mass is 10.1. The first-order valence-corrected chi connectivity index (χ1v) is 9.84. The van der Waals surface area contributed by atoms with Crippen LogP contribution < -0.4 is 4.74 Å². The third-order valence-corrected chi connectivity index (χ3v) is 4.85. The average molecular weight is 382 g/mol. The van der Waals surface area contributed by atoms with E-state index in [0.717, 1.165) is 40.4 Å². The number of carbonyl (C=O) groups excluding carboxylic acids is 1. The molecule has 0 atom stereocenters. The molecule has 3 aromatic rings. The molecule has 0 radical (unpaired) electrons. The average Bonchev–Trinajstić information content (AvgIpc) is 3.17. The summed E-state index contributed by atoms with van der Waals surface area (Å²) in [6.45, 7) is 2.81. The van der Waals surface area contributed by atoms with Crippen LogP contribution in [0.15, 0.2) is 54.2 Å². The van der Waals surface area contributed by atoms with E-state index in [4.69, 9.17) is 9.47 Å². The van der Waals surface area contributed by atoms with Crippen LogP contribution in [-0.2, 0) is 22.6 Å². The highest BCUT2D eigenvalue weighted by Crippen LogP contribution is 2.26. The van der Waals surface area contributed by atoms with E-state index in [2.05, 4.69) is 9.97 Å². The molecule has 27 heavy (non-hydrogen) atoms. The molecule has 1 aromatic carbocycles. The van der Waals surface area contributed by atoms with Crippen molar-refractivity contribution in [2.24, 2.45) is 0 Å². The highest BCUT2D eigenvalue weighted by molar-refractivity contribution is 7.13. The van der Waals surface area contributed by atoms with Crippen molar-refractivity contribution >= 4 is 17.3 Å². The van der Waals surface area contributed by atoms with Gasteiger partial charge in [-0.3, -0.25) is 9.78 Å². The minimum Gasteiger partial charge on any atom is -0.494 e. The molecule has 0 unspecified atom stereocenters. The van der Waals surface area contributed by atoms with Gasteiger partial charge in [-0.2, -0.15) is 0 Å². The topological polar surface area (TPSA) is 61.3 Å². The van der Waals surface area contributed by atoms with Crippen LogP contribution >= 0.6 is 11.3 Å². The van der Waals surface area contributed by atoms with Crippen molar-refractivity contribution in [1.29, 1.82) is 0 Å². The van der Waals surface area contributed by atoms with Crippen LogP contribution in [0, 0.1) is 0 Å². The first-order chi connectivity index (χ1) is 13.2. The predicted molar refractivity (Wildman–Crippen MR) is 106 cm³/mol. The van der Waals surface area contributed by atoms with Gasteiger partial charge in [0.2, 0.25) is 0 Å². The first kappa shape index (κ1) is 19.0. The molecular weight excluding hydrogens is 360 g/mol. The van der Waals surface area contributed by atoms with E-state index in [1.807, 2.05) is 54.9 Å². The highest BCUT2D eigenvalue weighted by atomic mass is 32.1. The molecule has 2 aromatic heterocycles. The molecule has 0 aliphatic rings. The lowest BCUT2D eigenvalue weighted by molar-refractivity contribution is -0.145. The van der Waals surface area contributed by atoms with Crippen LogP contribution in [0.2, 0.25) is 0 Å². The molecule has 3 rings (SSSR count). The number of hydrogen-bond donors (Lipinski definition) is 0. The van der Waals surface area contributed by atoms with E-state index in [9.17, 15) is 4.79 Å². The number of hydrogen-bond acceptors (Lipinski definition) is 6. The molecule has 0 bridgehead atoms. The maximum absolute atomic E-state index is 11.9. The predicted octanol–water partition coefficient (Wildman–Crippen LogP) is 4.67. The number of rotatable bonds is 9. The Morgan fingerprint density at radius 1 is 1.19 bits per heavy atom. The fraction of sp³-hybridized carbons (Fsp3) is 0.286. The summed E-state index contributed by atoms with van der Waals surface area (Å²) < 4.78 is 10.8. The van der Waals surface area contributed by atoms with Crippen molar-refractivity contribution in [3.8, 4) is 16.3 Å². The van der Waals surface area contributed by atoms with Gasteiger partial charge in [0.05, 0.1) is 12.3 Å². The number of pyridine rings is 1. The van der Waals surface area contributed by atoms with E-state index in [1.165, 1.54) is 11.3 Å². The van der Waals surface area contributed by atoms with Gasteiger partial charge >= 0.3 is 5.97 Å². The van der Waals surface area contributed by atoms with Gasteiger partial charge in [-0.25, -0.2) is 4.98 Å². The van der Waals surface area contributed by atoms with E-state index >= 15 is 0 Å². The highest BCUT2D eigenvalue weighted by Gasteiger charge is 2.08. The zero-order chi connectivity index (χ0) is 18.9. The van der Waals surface area contributed by atoms with Gasteiger partial charge in [0, 0.05) is 29.8 Å². The second-order valence-electron chi connectivity index (χ2n) is 5.98. The molecule has 0 amide bonds. The fourth-order valence-electron chi connectivity index (χ4n) is 2.58. The van der Waals surface area contributed by atoms with Crippen LogP contribution in [0.4, 0.5) is 0 Å². The number of benzene rings is 1. The molecular formula is C21H22N2O3S. The Balaban J connectivity index is 1.44. The lowest BCUT2D eigenvalue weighted by Gasteiger charge is -2.04. The molecule has 0 saturated heterocycles. The van der Waals surface area contributed by atoms with E-state index in [0.29, 0.717) is 13.0 Å². The smallest absolute Gasteiger partial charge is 0.306 e. The first-order valence-electron chi connectivity index (χ1n) is 8.96. The van der Waals surface area contributed by atoms with Crippen LogP contribution in [-0.4, -0.2) is 22.5 Å². The Hall–Kier alpha value is -2.73. The van der Waals surface area contributed by atoms with Gasteiger partial charge in [-0.15, -0.1) is 11.3 Å². The van der Waals surface area contributed by atoms with Gasteiger partial charge in [0.25, 0.3) is 0 Å². The molecule has 0 aliphatic carbocycles. The maximum Gasteiger partial charge on any atom is 0.306 e. The zero-order valence-electron chi connectivity index (χ0n) is 15.3. The summed E-state index contributed by atoms with van der Waals surface area (Å²) in [5.74, 6) is 0.646. The Bertz CT molecular complexity index is 847. The van der Waals surface area contributed by atoms with Gasteiger partial charge < -0.3 is 9.47 Å². The summed E-state index contributed by atoms with van der Waals surface area (Å²) in [6.07, 6.45) is 5.53. The van der Waals surface area contributed by atoms with Crippen molar-refractivity contribution in [3.63, 3.8) is 0 Å². The fourth-order valence-corrected chi connectivity index (χ4v) is 3.39. The van der Waals surface area contributed by atoms with Crippen molar-refractivity contribution in [2.45, 2.75) is 32.8 Å². The number of aryl methyl sites for hydroxylation is 1. The van der Waals surface area contributed by atoms with Gasteiger partial charge in [0.1, 0.15) is 17.4 Å². The summed E-state index contributed by atoms with van der Waals surface area (Å²) in [7, 11) is 0. The van der Waals surface area contributed by atoms with E-state index in [1.54, 1.807) is 6.20 Å². The van der Waals surface area contributed by atoms with Crippen LogP contribution in [0.25, 0.3) is 10.6 Å². The Morgan fingerprint density at radius 3 is 2.78 bits per heavy atom. The van der Waals surface area contributed by atoms with Gasteiger partial charge in [-0.05, 0) is 55.7 Å². The van der Waals surface area contributed by atoms with E-state index in [-0.39, 0.29) is 12.6 Å². The Kier molecular flexibility index (Phi) is 6.93. The third kappa shape index (κ3) is 5.89. The molecule has 2 heterocycles. The van der Waals surface area contributed by atoms with Crippen LogP contribution in [0.3, 0.4) is 0 Å². The number of esters is 1. The van der Waals surface area contributed by atoms with Gasteiger partial charge in [-0.1, -0.05) is 6.07 Å². The molecule has 0 N–H and O–H groups in total. The number of thiazole rings is 1. The van der Waals surface area contributed by atoms with Crippen LogP contribution in [0.1, 0.15) is 31.0 Å². The molecule has 0 spiro atoms. The second-order valence-corrected chi connectivity index (χ2v) is 6.83. The van der Waals surface area contributed by atoms with Crippen molar-refractivity contribution < 1.29 is 14.3 Å². The molecule has 140 valence electrons.